The van der Waals surface area contributed by atoms with Crippen LogP contribution in [0, 0.1) is 5.92 Å². The van der Waals surface area contributed by atoms with E-state index in [-0.39, 0.29) is 18.1 Å². The largest absolute Gasteiger partial charge is 0.506 e. The van der Waals surface area contributed by atoms with Crippen LogP contribution in [0.5, 0.6) is 17.2 Å². The molecular weight excluding hydrogens is 500 g/mol. The summed E-state index contributed by atoms with van der Waals surface area (Å²) in [5, 5.41) is 0. The maximum Gasteiger partial charge on any atom is 0.506 e. The molecule has 1 unspecified atom stereocenters. The lowest BCUT2D eigenvalue weighted by molar-refractivity contribution is -0.418. The topological polar surface area (TPSA) is 91.6 Å². The van der Waals surface area contributed by atoms with Gasteiger partial charge in [0.1, 0.15) is 17.3 Å². The fraction of sp³-hybridized carbons (Fsp3) is 0.310. The SMILES string of the molecule is COc1cc(N2C(=O)C3C=CC=CC3=[N+](CC(=O)N3CCN(c4ccccc4)CC3)C2=O)cc(OC)c1OC. The number of anilines is 2. The highest BCUT2D eigenvalue weighted by molar-refractivity contribution is 6.26. The number of piperazine rings is 1. The number of para-hydroxylation sites is 1. The Bertz CT molecular complexity index is 1350. The van der Waals surface area contributed by atoms with Gasteiger partial charge < -0.3 is 24.0 Å². The minimum atomic E-state index is -0.713. The average Bonchev–Trinajstić information content (AvgIpc) is 2.99. The Balaban J connectivity index is 1.42. The second-order valence-corrected chi connectivity index (χ2v) is 9.28. The number of carbonyl (C=O) groups is 3. The van der Waals surface area contributed by atoms with Crippen LogP contribution in [0.4, 0.5) is 16.2 Å². The highest BCUT2D eigenvalue weighted by Gasteiger charge is 2.49. The first-order valence-electron chi connectivity index (χ1n) is 12.7. The van der Waals surface area contributed by atoms with Crippen LogP contribution in [-0.4, -0.2) is 87.1 Å². The van der Waals surface area contributed by atoms with Gasteiger partial charge in [0.05, 0.1) is 21.3 Å². The zero-order chi connectivity index (χ0) is 27.5. The Labute approximate surface area is 227 Å². The summed E-state index contributed by atoms with van der Waals surface area (Å²) in [6, 6.07) is 12.6. The number of amides is 4. The number of nitrogens with zero attached hydrogens (tertiary/aromatic N) is 4. The third kappa shape index (κ3) is 4.85. The quantitative estimate of drug-likeness (QED) is 0.508. The molecule has 2 heterocycles. The van der Waals surface area contributed by atoms with E-state index < -0.39 is 17.9 Å². The van der Waals surface area contributed by atoms with Crippen LogP contribution in [-0.2, 0) is 9.59 Å². The summed E-state index contributed by atoms with van der Waals surface area (Å²) >= 11 is 0. The fourth-order valence-electron chi connectivity index (χ4n) is 5.14. The summed E-state index contributed by atoms with van der Waals surface area (Å²) in [5.74, 6) is -0.362. The van der Waals surface area contributed by atoms with Gasteiger partial charge in [-0.05, 0) is 18.2 Å². The molecule has 5 rings (SSSR count). The number of rotatable bonds is 7. The van der Waals surface area contributed by atoms with E-state index in [1.807, 2.05) is 18.2 Å². The van der Waals surface area contributed by atoms with E-state index in [2.05, 4.69) is 17.0 Å². The predicted octanol–water partition coefficient (Wildman–Crippen LogP) is 2.72. The van der Waals surface area contributed by atoms with Gasteiger partial charge in [-0.25, -0.2) is 4.79 Å². The van der Waals surface area contributed by atoms with Crippen LogP contribution in [0.25, 0.3) is 0 Å². The molecule has 0 radical (unpaired) electrons. The van der Waals surface area contributed by atoms with Gasteiger partial charge in [-0.15, -0.1) is 4.90 Å². The van der Waals surface area contributed by atoms with E-state index in [4.69, 9.17) is 14.2 Å². The molecular formula is C29H31N4O6+. The Morgan fingerprint density at radius 3 is 2.18 bits per heavy atom. The number of benzene rings is 2. The standard InChI is InChI=1S/C29H31N4O6/c1-37-24-17-21(18-25(38-2)27(24)39-3)33-28(35)22-11-7-8-12-23(22)32(29(33)36)19-26(34)31-15-13-30(14-16-31)20-9-5-4-6-10-20/h4-12,17-18,22H,13-16,19H2,1-3H3/q+1. The first-order valence-corrected chi connectivity index (χ1v) is 12.7. The molecule has 2 aromatic rings. The van der Waals surface area contributed by atoms with Gasteiger partial charge in [0, 0.05) is 44.0 Å². The van der Waals surface area contributed by atoms with Crippen LogP contribution >= 0.6 is 0 Å². The highest BCUT2D eigenvalue weighted by Crippen LogP contribution is 2.42. The van der Waals surface area contributed by atoms with Crippen LogP contribution in [0.15, 0.2) is 66.8 Å². The van der Waals surface area contributed by atoms with Crippen molar-refractivity contribution < 1.29 is 33.2 Å². The normalized spacial score (nSPS) is 18.8. The number of ether oxygens (including phenoxy) is 3. The lowest BCUT2D eigenvalue weighted by atomic mass is 9.94. The number of hydrogen-bond donors (Lipinski definition) is 0. The average molecular weight is 532 g/mol. The van der Waals surface area contributed by atoms with Gasteiger partial charge in [-0.3, -0.25) is 4.79 Å². The minimum Gasteiger partial charge on any atom is -0.493 e. The van der Waals surface area contributed by atoms with Gasteiger partial charge in [0.15, 0.2) is 18.0 Å². The molecule has 1 saturated heterocycles. The molecule has 2 aliphatic heterocycles. The third-order valence-corrected chi connectivity index (χ3v) is 7.18. The van der Waals surface area contributed by atoms with Crippen molar-refractivity contribution in [3.8, 4) is 17.2 Å². The molecule has 0 spiro atoms. The monoisotopic (exact) mass is 531 g/mol. The van der Waals surface area contributed by atoms with E-state index in [0.717, 1.165) is 10.6 Å². The van der Waals surface area contributed by atoms with E-state index in [0.29, 0.717) is 49.1 Å². The first kappa shape index (κ1) is 26.0. The summed E-state index contributed by atoms with van der Waals surface area (Å²) in [4.78, 5) is 46.0. The molecule has 2 aromatic carbocycles. The maximum atomic E-state index is 13.9. The number of urea groups is 1. The molecule has 1 atom stereocenters. The third-order valence-electron chi connectivity index (χ3n) is 7.18. The predicted molar refractivity (Wildman–Crippen MR) is 146 cm³/mol. The molecule has 4 amide bonds. The highest BCUT2D eigenvalue weighted by atomic mass is 16.5. The van der Waals surface area contributed by atoms with Crippen LogP contribution in [0.1, 0.15) is 0 Å². The number of carbonyl (C=O) groups excluding carboxylic acids is 3. The van der Waals surface area contributed by atoms with Crippen molar-refractivity contribution in [3.63, 3.8) is 0 Å². The maximum absolute atomic E-state index is 13.9. The molecule has 3 aliphatic rings. The van der Waals surface area contributed by atoms with Gasteiger partial charge >= 0.3 is 11.9 Å². The lowest BCUT2D eigenvalue weighted by Gasteiger charge is -2.36. The van der Waals surface area contributed by atoms with E-state index in [1.54, 1.807) is 41.3 Å². The number of fused-ring (bicyclic) bond motifs is 1. The van der Waals surface area contributed by atoms with Crippen LogP contribution in [0.3, 0.4) is 0 Å². The van der Waals surface area contributed by atoms with Crippen molar-refractivity contribution in [1.82, 2.24) is 4.90 Å². The summed E-state index contributed by atoms with van der Waals surface area (Å²) in [6.45, 7) is 2.30. The molecule has 10 heteroatoms. The molecule has 202 valence electrons. The van der Waals surface area contributed by atoms with Crippen LogP contribution < -0.4 is 24.0 Å². The van der Waals surface area contributed by atoms with E-state index >= 15 is 0 Å². The smallest absolute Gasteiger partial charge is 0.493 e. The Morgan fingerprint density at radius 2 is 1.56 bits per heavy atom. The minimum absolute atomic E-state index is 0.176. The molecule has 0 aromatic heterocycles. The van der Waals surface area contributed by atoms with E-state index in [1.165, 1.54) is 25.9 Å². The second-order valence-electron chi connectivity index (χ2n) is 9.28. The Hall–Kier alpha value is -4.60. The molecule has 0 bridgehead atoms. The van der Waals surface area contributed by atoms with Gasteiger partial charge in [0.25, 0.3) is 5.91 Å². The molecule has 1 aliphatic carbocycles. The zero-order valence-corrected chi connectivity index (χ0v) is 22.2. The molecule has 0 N–H and O–H groups in total. The van der Waals surface area contributed by atoms with Crippen molar-refractivity contribution in [3.05, 3.63) is 66.8 Å². The van der Waals surface area contributed by atoms with Gasteiger partial charge in [-0.2, -0.15) is 9.37 Å². The van der Waals surface area contributed by atoms with E-state index in [9.17, 15) is 14.4 Å². The van der Waals surface area contributed by atoms with Gasteiger partial charge in [0.2, 0.25) is 5.75 Å². The van der Waals surface area contributed by atoms with Crippen molar-refractivity contribution in [2.75, 3.05) is 63.9 Å². The summed E-state index contributed by atoms with van der Waals surface area (Å²) in [7, 11) is 4.40. The van der Waals surface area contributed by atoms with Crippen molar-refractivity contribution in [2.24, 2.45) is 5.92 Å². The van der Waals surface area contributed by atoms with Crippen molar-refractivity contribution >= 4 is 34.9 Å². The number of hydrogen-bond acceptors (Lipinski definition) is 7. The second kappa shape index (κ2) is 11.0. The van der Waals surface area contributed by atoms with Gasteiger partial charge in [-0.1, -0.05) is 36.4 Å². The zero-order valence-electron chi connectivity index (χ0n) is 22.2. The number of imide groups is 1. The van der Waals surface area contributed by atoms with Crippen LogP contribution in [0.2, 0.25) is 0 Å². The number of allylic oxidation sites excluding steroid dienone is 3. The summed E-state index contributed by atoms with van der Waals surface area (Å²) in [5.41, 5.74) is 1.86. The summed E-state index contributed by atoms with van der Waals surface area (Å²) in [6.07, 6.45) is 6.97. The first-order chi connectivity index (χ1) is 19.0. The van der Waals surface area contributed by atoms with Crippen molar-refractivity contribution in [2.45, 2.75) is 0 Å². The van der Waals surface area contributed by atoms with Crippen molar-refractivity contribution in [1.29, 1.82) is 0 Å². The number of methoxy groups -OCH3 is 3. The molecule has 0 saturated carbocycles. The molecule has 39 heavy (non-hydrogen) atoms. The fourth-order valence-corrected chi connectivity index (χ4v) is 5.14. The summed E-state index contributed by atoms with van der Waals surface area (Å²) < 4.78 is 17.7. The lowest BCUT2D eigenvalue weighted by Crippen LogP contribution is -2.57. The molecule has 10 nitrogen and oxygen atoms in total. The Kier molecular flexibility index (Phi) is 7.36. The Morgan fingerprint density at radius 1 is 0.897 bits per heavy atom. The molecule has 1 fully saturated rings.